The van der Waals surface area contributed by atoms with Crippen LogP contribution >= 0.6 is 0 Å². The first-order valence-corrected chi connectivity index (χ1v) is 12.1. The van der Waals surface area contributed by atoms with E-state index in [1.807, 2.05) is 32.0 Å². The number of nitrogens with one attached hydrogen (secondary N) is 3. The lowest BCUT2D eigenvalue weighted by atomic mass is 10.2. The van der Waals surface area contributed by atoms with Gasteiger partial charge in [-0.25, -0.2) is 14.4 Å². The highest BCUT2D eigenvalue weighted by atomic mass is 19.1. The van der Waals surface area contributed by atoms with Crippen LogP contribution in [0.4, 0.5) is 39.2 Å². The van der Waals surface area contributed by atoms with Gasteiger partial charge in [0.05, 0.1) is 18.0 Å². The topological polar surface area (TPSA) is 117 Å². The number of likely N-dealkylation sites (N-methyl/N-ethyl adjacent to an activating group) is 1. The van der Waals surface area contributed by atoms with Crippen LogP contribution < -0.4 is 30.3 Å². The summed E-state index contributed by atoms with van der Waals surface area (Å²) in [5, 5.41) is 8.66. The van der Waals surface area contributed by atoms with Crippen molar-refractivity contribution < 1.29 is 18.7 Å². The lowest BCUT2D eigenvalue weighted by Gasteiger charge is -2.34. The Bertz CT molecular complexity index is 1300. The van der Waals surface area contributed by atoms with Crippen molar-refractivity contribution >= 4 is 40.7 Å². The van der Waals surface area contributed by atoms with E-state index in [4.69, 9.17) is 9.47 Å². The van der Waals surface area contributed by atoms with Gasteiger partial charge in [0, 0.05) is 31.9 Å². The second-order valence-corrected chi connectivity index (χ2v) is 9.16. The number of halogens is 1. The van der Waals surface area contributed by atoms with Crippen molar-refractivity contribution in [2.24, 2.45) is 0 Å². The zero-order valence-electron chi connectivity index (χ0n) is 20.9. The molecule has 0 unspecified atom stereocenters. The van der Waals surface area contributed by atoms with E-state index in [1.54, 1.807) is 12.1 Å². The second kappa shape index (κ2) is 10.4. The molecule has 12 heteroatoms. The maximum atomic E-state index is 14.6. The fraction of sp³-hybridized carbons (Fsp3) is 0.360. The predicted molar refractivity (Wildman–Crippen MR) is 139 cm³/mol. The largest absolute Gasteiger partial charge is 0.489 e. The number of carbonyl (C=O) groups excluding carboxylic acids is 1. The average molecular weight is 509 g/mol. The first kappa shape index (κ1) is 24.5. The van der Waals surface area contributed by atoms with Gasteiger partial charge in [-0.1, -0.05) is 0 Å². The third-order valence-electron chi connectivity index (χ3n) is 5.91. The zero-order valence-corrected chi connectivity index (χ0v) is 20.9. The smallest absolute Gasteiger partial charge is 0.263 e. The van der Waals surface area contributed by atoms with Gasteiger partial charge in [0.2, 0.25) is 5.95 Å². The Labute approximate surface area is 214 Å². The van der Waals surface area contributed by atoms with Crippen molar-refractivity contribution in [3.63, 3.8) is 0 Å². The number of fused-ring (bicyclic) bond motifs is 1. The molecule has 194 valence electrons. The molecule has 5 rings (SSSR count). The SMILES string of the molecule is CC(C)Oc1ccc(N2CCN(C)CC2)cc1Nc1ncc(F)c(Nc2ccc3c(n2)NC(=O)CO3)n1. The molecule has 2 aliphatic rings. The molecule has 1 fully saturated rings. The molecule has 0 aliphatic carbocycles. The molecule has 2 aliphatic heterocycles. The Morgan fingerprint density at radius 1 is 1.11 bits per heavy atom. The van der Waals surface area contributed by atoms with Crippen molar-refractivity contribution in [2.75, 3.05) is 60.7 Å². The van der Waals surface area contributed by atoms with Gasteiger partial charge in [-0.3, -0.25) is 4.79 Å². The predicted octanol–water partition coefficient (Wildman–Crippen LogP) is 3.37. The Balaban J connectivity index is 1.39. The number of carbonyl (C=O) groups is 1. The monoisotopic (exact) mass is 508 g/mol. The number of anilines is 6. The molecule has 4 heterocycles. The number of nitrogens with zero attached hydrogens (tertiary/aromatic N) is 5. The van der Waals surface area contributed by atoms with E-state index >= 15 is 0 Å². The molecule has 3 aromatic rings. The number of piperazine rings is 1. The number of ether oxygens (including phenoxy) is 2. The minimum Gasteiger partial charge on any atom is -0.489 e. The summed E-state index contributed by atoms with van der Waals surface area (Å²) < 4.78 is 25.9. The summed E-state index contributed by atoms with van der Waals surface area (Å²) in [5.41, 5.74) is 1.73. The fourth-order valence-electron chi connectivity index (χ4n) is 4.02. The number of rotatable bonds is 7. The summed E-state index contributed by atoms with van der Waals surface area (Å²) in [7, 11) is 2.12. The molecule has 11 nitrogen and oxygen atoms in total. The van der Waals surface area contributed by atoms with Crippen LogP contribution in [-0.2, 0) is 4.79 Å². The molecule has 0 saturated carbocycles. The van der Waals surface area contributed by atoms with Gasteiger partial charge in [0.15, 0.2) is 29.8 Å². The first-order chi connectivity index (χ1) is 17.8. The number of amides is 1. The molecule has 3 N–H and O–H groups in total. The molecule has 0 radical (unpaired) electrons. The van der Waals surface area contributed by atoms with Gasteiger partial charge in [-0.15, -0.1) is 0 Å². The molecule has 37 heavy (non-hydrogen) atoms. The summed E-state index contributed by atoms with van der Waals surface area (Å²) in [6.07, 6.45) is 1.04. The molecule has 1 amide bonds. The van der Waals surface area contributed by atoms with Gasteiger partial charge >= 0.3 is 0 Å². The number of aromatic nitrogens is 3. The van der Waals surface area contributed by atoms with Crippen LogP contribution in [0.15, 0.2) is 36.5 Å². The van der Waals surface area contributed by atoms with Gasteiger partial charge in [-0.05, 0) is 51.2 Å². The minimum atomic E-state index is -0.657. The average Bonchev–Trinajstić information content (AvgIpc) is 2.87. The normalized spacial score (nSPS) is 15.6. The lowest BCUT2D eigenvalue weighted by Crippen LogP contribution is -2.44. The van der Waals surface area contributed by atoms with E-state index < -0.39 is 5.82 Å². The second-order valence-electron chi connectivity index (χ2n) is 9.16. The quantitative estimate of drug-likeness (QED) is 0.439. The summed E-state index contributed by atoms with van der Waals surface area (Å²) in [6, 6.07) is 9.21. The van der Waals surface area contributed by atoms with Crippen LogP contribution in [0, 0.1) is 5.82 Å². The summed E-state index contributed by atoms with van der Waals surface area (Å²) in [6.45, 7) is 7.63. The standard InChI is InChI=1S/C25H29FN8O3/c1-15(2)37-19-5-4-16(34-10-8-33(3)9-11-34)12-18(19)28-25-27-13-17(26)23(32-25)29-21-7-6-20-24(30-21)31-22(35)14-36-20/h4-7,12-13,15H,8-11,14H2,1-3H3,(H3,27,28,29,30,31,32,35). The van der Waals surface area contributed by atoms with Crippen molar-refractivity contribution in [3.8, 4) is 11.5 Å². The Hall–Kier alpha value is -4.19. The molecule has 1 aromatic carbocycles. The van der Waals surface area contributed by atoms with E-state index in [0.717, 1.165) is 38.1 Å². The lowest BCUT2D eigenvalue weighted by molar-refractivity contribution is -0.118. The van der Waals surface area contributed by atoms with Crippen LogP contribution in [0.25, 0.3) is 0 Å². The summed E-state index contributed by atoms with van der Waals surface area (Å²) >= 11 is 0. The highest BCUT2D eigenvalue weighted by Gasteiger charge is 2.20. The number of pyridine rings is 1. The van der Waals surface area contributed by atoms with Crippen LogP contribution in [-0.4, -0.2) is 71.7 Å². The van der Waals surface area contributed by atoms with E-state index in [0.29, 0.717) is 17.2 Å². The highest BCUT2D eigenvalue weighted by molar-refractivity contribution is 5.94. The molecular formula is C25H29FN8O3. The first-order valence-electron chi connectivity index (χ1n) is 12.1. The van der Waals surface area contributed by atoms with Gasteiger partial charge in [0.1, 0.15) is 11.6 Å². The molecule has 0 spiro atoms. The van der Waals surface area contributed by atoms with E-state index in [-0.39, 0.29) is 42.0 Å². The van der Waals surface area contributed by atoms with Gasteiger partial charge in [-0.2, -0.15) is 4.98 Å². The number of hydrogen-bond donors (Lipinski definition) is 3. The molecule has 1 saturated heterocycles. The van der Waals surface area contributed by atoms with Crippen molar-refractivity contribution in [3.05, 3.63) is 42.3 Å². The van der Waals surface area contributed by atoms with E-state index in [2.05, 4.69) is 47.7 Å². The Morgan fingerprint density at radius 2 is 1.92 bits per heavy atom. The Kier molecular flexibility index (Phi) is 6.91. The van der Waals surface area contributed by atoms with Crippen LogP contribution in [0.3, 0.4) is 0 Å². The van der Waals surface area contributed by atoms with Crippen LogP contribution in [0.1, 0.15) is 13.8 Å². The third-order valence-corrected chi connectivity index (χ3v) is 5.91. The number of hydrogen-bond acceptors (Lipinski definition) is 10. The maximum absolute atomic E-state index is 14.6. The maximum Gasteiger partial charge on any atom is 0.263 e. The van der Waals surface area contributed by atoms with Crippen LogP contribution in [0.2, 0.25) is 0 Å². The van der Waals surface area contributed by atoms with Crippen LogP contribution in [0.5, 0.6) is 11.5 Å². The third kappa shape index (κ3) is 5.80. The van der Waals surface area contributed by atoms with E-state index in [1.165, 1.54) is 0 Å². The van der Waals surface area contributed by atoms with Gasteiger partial charge < -0.3 is 35.2 Å². The zero-order chi connectivity index (χ0) is 25.9. The van der Waals surface area contributed by atoms with Crippen molar-refractivity contribution in [2.45, 2.75) is 20.0 Å². The van der Waals surface area contributed by atoms with Gasteiger partial charge in [0.25, 0.3) is 5.91 Å². The summed E-state index contributed by atoms with van der Waals surface area (Å²) in [4.78, 5) is 28.9. The summed E-state index contributed by atoms with van der Waals surface area (Å²) in [5.74, 6) is 0.762. The highest BCUT2D eigenvalue weighted by Crippen LogP contribution is 2.33. The molecular weight excluding hydrogens is 479 g/mol. The molecule has 0 bridgehead atoms. The Morgan fingerprint density at radius 3 is 2.70 bits per heavy atom. The molecule has 0 atom stereocenters. The van der Waals surface area contributed by atoms with E-state index in [9.17, 15) is 9.18 Å². The minimum absolute atomic E-state index is 0.0408. The number of benzene rings is 1. The fourth-order valence-corrected chi connectivity index (χ4v) is 4.02. The van der Waals surface area contributed by atoms with Crippen molar-refractivity contribution in [1.82, 2.24) is 19.9 Å². The molecule has 2 aromatic heterocycles. The van der Waals surface area contributed by atoms with Crippen molar-refractivity contribution in [1.29, 1.82) is 0 Å².